The maximum absolute atomic E-state index is 12.2. The largest absolute Gasteiger partial charge is 0.444 e. The fourth-order valence-corrected chi connectivity index (χ4v) is 3.91. The van der Waals surface area contributed by atoms with E-state index in [9.17, 15) is 14.8 Å². The molecule has 0 saturated carbocycles. The highest BCUT2D eigenvalue weighted by molar-refractivity contribution is 5.76. The van der Waals surface area contributed by atoms with Crippen LogP contribution in [0, 0.1) is 0 Å². The van der Waals surface area contributed by atoms with Crippen LogP contribution in [0.3, 0.4) is 0 Å². The summed E-state index contributed by atoms with van der Waals surface area (Å²) in [6.45, 7) is 7.02. The molecule has 0 spiro atoms. The van der Waals surface area contributed by atoms with Crippen molar-refractivity contribution >= 4 is 12.1 Å². The number of aromatic nitrogens is 2. The van der Waals surface area contributed by atoms with Crippen molar-refractivity contribution in [2.24, 2.45) is 0 Å². The van der Waals surface area contributed by atoms with E-state index in [-0.39, 0.29) is 24.1 Å². The third-order valence-electron chi connectivity index (χ3n) is 5.28. The number of hydrogen-bond acceptors (Lipinski definition) is 7. The molecule has 3 aliphatic rings. The molecule has 3 fully saturated rings. The zero-order chi connectivity index (χ0) is 19.3. The Hall–Kier alpha value is -2.36. The molecule has 0 radical (unpaired) electrons. The summed E-state index contributed by atoms with van der Waals surface area (Å²) < 4.78 is 11.3. The molecule has 10 heteroatoms. The van der Waals surface area contributed by atoms with Crippen LogP contribution in [0.1, 0.15) is 63.8 Å². The lowest BCUT2D eigenvalue weighted by atomic mass is 10.0. The van der Waals surface area contributed by atoms with Crippen LogP contribution in [-0.4, -0.2) is 73.7 Å². The SMILES string of the molecule is CC(C)(C)OC(=O)N1CC[C@H](c2nnc([C@@H]3CC[C@H]4CN3C(=O)N4O)o2)C1. The molecule has 0 aliphatic carbocycles. The fraction of sp³-hybridized carbons (Fsp3) is 0.765. The van der Waals surface area contributed by atoms with Crippen LogP contribution in [0.5, 0.6) is 0 Å². The standard InChI is InChI=1S/C17H25N5O5/c1-17(2,3)27-16(24)20-7-6-10(8-20)13-18-19-14(26-13)12-5-4-11-9-21(12)15(23)22(11)25/h10-12,25H,4-9H2,1-3H3/t10-,11-,12-/m0/s1. The molecule has 1 N–H and O–H groups in total. The van der Waals surface area contributed by atoms with Crippen LogP contribution in [0.4, 0.5) is 9.59 Å². The number of carbonyl (C=O) groups excluding carboxylic acids is 2. The molecule has 3 aliphatic heterocycles. The lowest BCUT2D eigenvalue weighted by molar-refractivity contribution is -0.0584. The third-order valence-corrected chi connectivity index (χ3v) is 5.28. The highest BCUT2D eigenvalue weighted by Crippen LogP contribution is 2.38. The van der Waals surface area contributed by atoms with Gasteiger partial charge in [0.05, 0.1) is 12.0 Å². The molecule has 148 valence electrons. The highest BCUT2D eigenvalue weighted by Gasteiger charge is 2.46. The van der Waals surface area contributed by atoms with Gasteiger partial charge in [-0.25, -0.2) is 14.7 Å². The molecule has 4 heterocycles. The van der Waals surface area contributed by atoms with Gasteiger partial charge in [0.2, 0.25) is 11.8 Å². The Kier molecular flexibility index (Phi) is 4.25. The first-order valence-electron chi connectivity index (χ1n) is 9.33. The quantitative estimate of drug-likeness (QED) is 0.783. The van der Waals surface area contributed by atoms with Crippen LogP contribution in [-0.2, 0) is 4.74 Å². The third kappa shape index (κ3) is 3.33. The number of carbonyl (C=O) groups is 2. The molecule has 3 amide bonds. The van der Waals surface area contributed by atoms with Gasteiger partial charge >= 0.3 is 12.1 Å². The van der Waals surface area contributed by atoms with Gasteiger partial charge < -0.3 is 19.0 Å². The summed E-state index contributed by atoms with van der Waals surface area (Å²) in [5, 5.41) is 18.9. The molecule has 1 aromatic heterocycles. The number of ether oxygens (including phenoxy) is 1. The number of rotatable bonds is 2. The Balaban J connectivity index is 1.42. The van der Waals surface area contributed by atoms with Crippen molar-refractivity contribution in [3.8, 4) is 0 Å². The van der Waals surface area contributed by atoms with Crippen molar-refractivity contribution in [2.75, 3.05) is 19.6 Å². The van der Waals surface area contributed by atoms with Gasteiger partial charge in [0, 0.05) is 19.6 Å². The van der Waals surface area contributed by atoms with Gasteiger partial charge in [-0.1, -0.05) is 0 Å². The smallest absolute Gasteiger partial charge is 0.410 e. The first-order chi connectivity index (χ1) is 12.7. The summed E-state index contributed by atoms with van der Waals surface area (Å²) in [6.07, 6.45) is 1.75. The molecule has 2 bridgehead atoms. The number of urea groups is 1. The molecule has 4 rings (SSSR count). The Labute approximate surface area is 157 Å². The van der Waals surface area contributed by atoms with Crippen molar-refractivity contribution in [3.05, 3.63) is 11.8 Å². The van der Waals surface area contributed by atoms with E-state index < -0.39 is 11.6 Å². The van der Waals surface area contributed by atoms with E-state index in [2.05, 4.69) is 10.2 Å². The van der Waals surface area contributed by atoms with Gasteiger partial charge in [-0.05, 0) is 40.0 Å². The summed E-state index contributed by atoms with van der Waals surface area (Å²) in [7, 11) is 0. The van der Waals surface area contributed by atoms with Crippen molar-refractivity contribution in [2.45, 2.75) is 63.6 Å². The van der Waals surface area contributed by atoms with Gasteiger partial charge in [-0.3, -0.25) is 5.21 Å². The predicted octanol–water partition coefficient (Wildman–Crippen LogP) is 2.12. The number of hydrogen-bond donors (Lipinski definition) is 1. The number of fused-ring (bicyclic) bond motifs is 2. The fourth-order valence-electron chi connectivity index (χ4n) is 3.91. The van der Waals surface area contributed by atoms with E-state index in [1.165, 1.54) is 0 Å². The number of piperidine rings is 1. The molecular formula is C17H25N5O5. The number of likely N-dealkylation sites (tertiary alicyclic amines) is 1. The minimum Gasteiger partial charge on any atom is -0.444 e. The first-order valence-corrected chi connectivity index (χ1v) is 9.33. The molecule has 0 unspecified atom stereocenters. The Morgan fingerprint density at radius 3 is 2.67 bits per heavy atom. The van der Waals surface area contributed by atoms with Crippen molar-refractivity contribution < 1.29 is 24.0 Å². The van der Waals surface area contributed by atoms with E-state index >= 15 is 0 Å². The topological polar surface area (TPSA) is 112 Å². The second-order valence-electron chi connectivity index (χ2n) is 8.42. The Bertz CT molecular complexity index is 744. The van der Waals surface area contributed by atoms with E-state index in [1.807, 2.05) is 20.8 Å². The monoisotopic (exact) mass is 379 g/mol. The molecule has 27 heavy (non-hydrogen) atoms. The second kappa shape index (κ2) is 6.36. The average molecular weight is 379 g/mol. The average Bonchev–Trinajstić information content (AvgIpc) is 3.31. The van der Waals surface area contributed by atoms with Gasteiger partial charge in [0.15, 0.2) is 0 Å². The lowest BCUT2D eigenvalue weighted by Gasteiger charge is -2.27. The van der Waals surface area contributed by atoms with Gasteiger partial charge in [-0.2, -0.15) is 0 Å². The van der Waals surface area contributed by atoms with Gasteiger partial charge in [0.1, 0.15) is 11.6 Å². The maximum Gasteiger partial charge on any atom is 0.410 e. The highest BCUT2D eigenvalue weighted by atomic mass is 16.6. The minimum absolute atomic E-state index is 0.0428. The summed E-state index contributed by atoms with van der Waals surface area (Å²) in [4.78, 5) is 27.6. The van der Waals surface area contributed by atoms with Crippen LogP contribution in [0.2, 0.25) is 0 Å². The molecule has 3 atom stereocenters. The summed E-state index contributed by atoms with van der Waals surface area (Å²) in [6, 6.07) is -0.886. The predicted molar refractivity (Wildman–Crippen MR) is 91.0 cm³/mol. The summed E-state index contributed by atoms with van der Waals surface area (Å²) in [5.74, 6) is 0.826. The van der Waals surface area contributed by atoms with Crippen molar-refractivity contribution in [1.29, 1.82) is 0 Å². The molecular weight excluding hydrogens is 354 g/mol. The van der Waals surface area contributed by atoms with Crippen LogP contribution >= 0.6 is 0 Å². The van der Waals surface area contributed by atoms with Crippen molar-refractivity contribution in [3.63, 3.8) is 0 Å². The maximum atomic E-state index is 12.2. The van der Waals surface area contributed by atoms with Crippen LogP contribution in [0.25, 0.3) is 0 Å². The summed E-state index contributed by atoms with van der Waals surface area (Å²) >= 11 is 0. The Morgan fingerprint density at radius 1 is 1.19 bits per heavy atom. The summed E-state index contributed by atoms with van der Waals surface area (Å²) in [5.41, 5.74) is -0.533. The normalized spacial score (nSPS) is 28.2. The molecule has 3 saturated heterocycles. The van der Waals surface area contributed by atoms with Gasteiger partial charge in [0.25, 0.3) is 0 Å². The number of nitrogens with zero attached hydrogens (tertiary/aromatic N) is 5. The second-order valence-corrected chi connectivity index (χ2v) is 8.42. The number of amides is 3. The minimum atomic E-state index is -0.533. The first kappa shape index (κ1) is 18.0. The van der Waals surface area contributed by atoms with Crippen molar-refractivity contribution in [1.82, 2.24) is 25.1 Å². The zero-order valence-electron chi connectivity index (χ0n) is 15.8. The van der Waals surface area contributed by atoms with E-state index in [1.54, 1.807) is 9.80 Å². The van der Waals surface area contributed by atoms with E-state index in [4.69, 9.17) is 9.15 Å². The molecule has 10 nitrogen and oxygen atoms in total. The van der Waals surface area contributed by atoms with Crippen LogP contribution in [0.15, 0.2) is 4.42 Å². The van der Waals surface area contributed by atoms with Crippen LogP contribution < -0.4 is 0 Å². The molecule has 0 aromatic carbocycles. The Morgan fingerprint density at radius 2 is 1.93 bits per heavy atom. The zero-order valence-corrected chi connectivity index (χ0v) is 15.8. The van der Waals surface area contributed by atoms with E-state index in [0.717, 1.165) is 11.5 Å². The lowest BCUT2D eigenvalue weighted by Crippen LogP contribution is -2.35. The number of hydroxylamine groups is 2. The molecule has 1 aromatic rings. The van der Waals surface area contributed by atoms with E-state index in [0.29, 0.717) is 44.3 Å². The van der Waals surface area contributed by atoms with Gasteiger partial charge in [-0.15, -0.1) is 10.2 Å².